The Morgan fingerprint density at radius 3 is 1.86 bits per heavy atom. The molecule has 0 saturated carbocycles. The molecule has 0 saturated heterocycles. The van der Waals surface area contributed by atoms with Gasteiger partial charge >= 0.3 is 0 Å². The Labute approximate surface area is 117 Å². The van der Waals surface area contributed by atoms with E-state index in [2.05, 4.69) is 0 Å². The molecule has 2 aromatic rings. The Balaban J connectivity index is 2.07. The predicted molar refractivity (Wildman–Crippen MR) is 67.4 cm³/mol. The number of hydrogen-bond acceptors (Lipinski definition) is 1. The summed E-state index contributed by atoms with van der Waals surface area (Å²) >= 11 is 0. The SMILES string of the molecule is Fc1c(F)c(F)c(N2CCc3ccccc3C2)c(F)c1F. The Bertz CT molecular complexity index is 684. The standard InChI is InChI=1S/C15H10F5N/c16-10-11(17)13(19)15(14(20)12(10)18)21-6-5-8-3-1-2-4-9(8)7-21/h1-4H,5-7H2. The minimum Gasteiger partial charge on any atom is -0.362 e. The van der Waals surface area contributed by atoms with Crippen molar-refractivity contribution < 1.29 is 22.0 Å². The summed E-state index contributed by atoms with van der Waals surface area (Å²) < 4.78 is 67.2. The summed E-state index contributed by atoms with van der Waals surface area (Å²) in [5.74, 6) is -9.53. The minimum absolute atomic E-state index is 0.106. The Hall–Kier alpha value is -2.11. The fraction of sp³-hybridized carbons (Fsp3) is 0.200. The molecule has 0 atom stereocenters. The van der Waals surface area contributed by atoms with Crippen LogP contribution in [0, 0.1) is 29.1 Å². The highest BCUT2D eigenvalue weighted by Gasteiger charge is 2.30. The summed E-state index contributed by atoms with van der Waals surface area (Å²) in [6.07, 6.45) is 0.482. The highest BCUT2D eigenvalue weighted by molar-refractivity contribution is 5.53. The average Bonchev–Trinajstić information content (AvgIpc) is 2.51. The highest BCUT2D eigenvalue weighted by atomic mass is 19.2. The van der Waals surface area contributed by atoms with Crippen LogP contribution in [0.3, 0.4) is 0 Å². The molecular formula is C15H10F5N. The number of benzene rings is 2. The van der Waals surface area contributed by atoms with Crippen LogP contribution in [0.15, 0.2) is 24.3 Å². The lowest BCUT2D eigenvalue weighted by molar-refractivity contribution is 0.377. The number of rotatable bonds is 1. The molecule has 0 aromatic heterocycles. The molecule has 3 rings (SSSR count). The summed E-state index contributed by atoms with van der Waals surface area (Å²) in [6, 6.07) is 7.26. The van der Waals surface area contributed by atoms with Crippen molar-refractivity contribution in [1.82, 2.24) is 0 Å². The predicted octanol–water partition coefficient (Wildman–Crippen LogP) is 3.94. The zero-order valence-corrected chi connectivity index (χ0v) is 10.8. The smallest absolute Gasteiger partial charge is 0.200 e. The van der Waals surface area contributed by atoms with Gasteiger partial charge in [0.25, 0.3) is 0 Å². The third kappa shape index (κ3) is 2.14. The van der Waals surface area contributed by atoms with Crippen molar-refractivity contribution in [2.45, 2.75) is 13.0 Å². The normalized spacial score (nSPS) is 14.2. The Morgan fingerprint density at radius 1 is 0.714 bits per heavy atom. The first-order valence-corrected chi connectivity index (χ1v) is 6.34. The van der Waals surface area contributed by atoms with Gasteiger partial charge in [-0.1, -0.05) is 24.3 Å². The van der Waals surface area contributed by atoms with Crippen LogP contribution >= 0.6 is 0 Å². The second-order valence-electron chi connectivity index (χ2n) is 4.86. The summed E-state index contributed by atoms with van der Waals surface area (Å²) in [7, 11) is 0. The van der Waals surface area contributed by atoms with E-state index in [9.17, 15) is 22.0 Å². The Kier molecular flexibility index (Phi) is 3.31. The summed E-state index contributed by atoms with van der Waals surface area (Å²) in [5.41, 5.74) is 0.964. The van der Waals surface area contributed by atoms with Crippen LogP contribution in [0.25, 0.3) is 0 Å². The third-order valence-corrected chi connectivity index (χ3v) is 3.63. The van der Waals surface area contributed by atoms with Gasteiger partial charge in [-0.05, 0) is 17.5 Å². The zero-order chi connectivity index (χ0) is 15.1. The van der Waals surface area contributed by atoms with Crippen molar-refractivity contribution in [3.63, 3.8) is 0 Å². The van der Waals surface area contributed by atoms with Gasteiger partial charge in [0.1, 0.15) is 5.69 Å². The molecule has 1 aliphatic rings. The molecule has 1 nitrogen and oxygen atoms in total. The quantitative estimate of drug-likeness (QED) is 0.438. The van der Waals surface area contributed by atoms with Crippen molar-refractivity contribution in [2.24, 2.45) is 0 Å². The van der Waals surface area contributed by atoms with E-state index in [1.807, 2.05) is 12.1 Å². The molecule has 1 heterocycles. The third-order valence-electron chi connectivity index (χ3n) is 3.63. The van der Waals surface area contributed by atoms with Crippen molar-refractivity contribution in [3.8, 4) is 0 Å². The van der Waals surface area contributed by atoms with Gasteiger partial charge in [0.05, 0.1) is 0 Å². The van der Waals surface area contributed by atoms with Gasteiger partial charge in [-0.15, -0.1) is 0 Å². The fourth-order valence-electron chi connectivity index (χ4n) is 2.56. The van der Waals surface area contributed by atoms with E-state index < -0.39 is 34.8 Å². The van der Waals surface area contributed by atoms with E-state index in [0.29, 0.717) is 6.42 Å². The molecule has 0 radical (unpaired) electrons. The van der Waals surface area contributed by atoms with E-state index in [1.54, 1.807) is 12.1 Å². The molecular weight excluding hydrogens is 289 g/mol. The Morgan fingerprint density at radius 2 is 1.24 bits per heavy atom. The first kappa shape index (κ1) is 13.9. The molecule has 0 unspecified atom stereocenters. The van der Waals surface area contributed by atoms with Gasteiger partial charge in [-0.2, -0.15) is 0 Å². The zero-order valence-electron chi connectivity index (χ0n) is 10.8. The van der Waals surface area contributed by atoms with Crippen LogP contribution in [-0.2, 0) is 13.0 Å². The van der Waals surface area contributed by atoms with Crippen LogP contribution in [0.2, 0.25) is 0 Å². The lowest BCUT2D eigenvalue weighted by Gasteiger charge is -2.31. The molecule has 0 N–H and O–H groups in total. The maximum absolute atomic E-state index is 13.8. The number of anilines is 1. The number of fused-ring (bicyclic) bond motifs is 1. The van der Waals surface area contributed by atoms with Crippen LogP contribution in [0.4, 0.5) is 27.6 Å². The first-order valence-electron chi connectivity index (χ1n) is 6.34. The van der Waals surface area contributed by atoms with Crippen molar-refractivity contribution in [2.75, 3.05) is 11.4 Å². The molecule has 0 aliphatic carbocycles. The molecule has 1 aliphatic heterocycles. The second kappa shape index (κ2) is 5.02. The number of nitrogens with zero attached hydrogens (tertiary/aromatic N) is 1. The van der Waals surface area contributed by atoms with Gasteiger partial charge in [0.15, 0.2) is 23.3 Å². The van der Waals surface area contributed by atoms with Gasteiger partial charge in [0, 0.05) is 13.1 Å². The molecule has 110 valence electrons. The van der Waals surface area contributed by atoms with E-state index >= 15 is 0 Å². The maximum atomic E-state index is 13.8. The summed E-state index contributed by atoms with van der Waals surface area (Å²) in [4.78, 5) is 1.18. The molecule has 0 amide bonds. The van der Waals surface area contributed by atoms with E-state index in [0.717, 1.165) is 11.1 Å². The van der Waals surface area contributed by atoms with E-state index in [-0.39, 0.29) is 13.1 Å². The first-order chi connectivity index (χ1) is 10.0. The van der Waals surface area contributed by atoms with Gasteiger partial charge in [0.2, 0.25) is 5.82 Å². The van der Waals surface area contributed by atoms with Crippen molar-refractivity contribution in [1.29, 1.82) is 0 Å². The molecule has 0 fully saturated rings. The van der Waals surface area contributed by atoms with Gasteiger partial charge in [-0.3, -0.25) is 0 Å². The van der Waals surface area contributed by atoms with Crippen LogP contribution in [0.1, 0.15) is 11.1 Å². The monoisotopic (exact) mass is 299 g/mol. The van der Waals surface area contributed by atoms with Crippen molar-refractivity contribution in [3.05, 3.63) is 64.5 Å². The maximum Gasteiger partial charge on any atom is 0.200 e. The van der Waals surface area contributed by atoms with E-state index in [4.69, 9.17) is 0 Å². The highest BCUT2D eigenvalue weighted by Crippen LogP contribution is 2.33. The van der Waals surface area contributed by atoms with Crippen LogP contribution < -0.4 is 4.90 Å². The van der Waals surface area contributed by atoms with E-state index in [1.165, 1.54) is 4.90 Å². The number of halogens is 5. The largest absolute Gasteiger partial charge is 0.362 e. The second-order valence-corrected chi connectivity index (χ2v) is 4.86. The summed E-state index contributed by atoms with van der Waals surface area (Å²) in [5, 5.41) is 0. The van der Waals surface area contributed by atoms with Crippen LogP contribution in [0.5, 0.6) is 0 Å². The topological polar surface area (TPSA) is 3.24 Å². The molecule has 21 heavy (non-hydrogen) atoms. The van der Waals surface area contributed by atoms with Crippen molar-refractivity contribution >= 4 is 5.69 Å². The summed E-state index contributed by atoms with van der Waals surface area (Å²) in [6.45, 7) is 0.296. The molecule has 0 bridgehead atoms. The molecule has 2 aromatic carbocycles. The van der Waals surface area contributed by atoms with Crippen LogP contribution in [-0.4, -0.2) is 6.54 Å². The van der Waals surface area contributed by atoms with Gasteiger partial charge < -0.3 is 4.90 Å². The molecule has 6 heteroatoms. The lowest BCUT2D eigenvalue weighted by Crippen LogP contribution is -2.32. The number of hydrogen-bond donors (Lipinski definition) is 0. The molecule has 0 spiro atoms. The van der Waals surface area contributed by atoms with Gasteiger partial charge in [-0.25, -0.2) is 22.0 Å². The lowest BCUT2D eigenvalue weighted by atomic mass is 9.99. The fourth-order valence-corrected chi connectivity index (χ4v) is 2.56. The minimum atomic E-state index is -2.13. The average molecular weight is 299 g/mol.